The first kappa shape index (κ1) is 27.7. The minimum atomic E-state index is -0.938. The van der Waals surface area contributed by atoms with Crippen molar-refractivity contribution in [3.8, 4) is 0 Å². The minimum absolute atomic E-state index is 0.260. The fraction of sp³-hybridized carbons (Fsp3) is 0.263. The normalized spacial score (nSPS) is 18.5. The number of hydrogen-bond donors (Lipinski definition) is 1. The number of benzene rings is 4. The summed E-state index contributed by atoms with van der Waals surface area (Å²) in [7, 11) is 0. The van der Waals surface area contributed by atoms with E-state index >= 15 is 0 Å². The van der Waals surface area contributed by atoms with Gasteiger partial charge in [0.1, 0.15) is 6.54 Å². The van der Waals surface area contributed by atoms with Gasteiger partial charge in [0.2, 0.25) is 5.69 Å². The zero-order chi connectivity index (χ0) is 29.8. The van der Waals surface area contributed by atoms with Gasteiger partial charge in [-0.2, -0.15) is 4.58 Å². The second-order valence-corrected chi connectivity index (χ2v) is 12.3. The summed E-state index contributed by atoms with van der Waals surface area (Å²) >= 11 is 0. The number of likely N-dealkylation sites (N-methyl/N-ethyl adjacent to an activating group) is 1. The summed E-state index contributed by atoms with van der Waals surface area (Å²) in [5, 5.41) is 15.2. The molecule has 2 heterocycles. The van der Waals surface area contributed by atoms with E-state index in [4.69, 9.17) is 0 Å². The van der Waals surface area contributed by atoms with E-state index in [1.54, 1.807) is 12.2 Å². The minimum Gasteiger partial charge on any atom is -0.478 e. The van der Waals surface area contributed by atoms with Crippen molar-refractivity contribution in [3.05, 3.63) is 119 Å². The molecule has 0 radical (unpaired) electrons. The summed E-state index contributed by atoms with van der Waals surface area (Å²) in [6.07, 6.45) is 7.56. The van der Waals surface area contributed by atoms with E-state index in [0.717, 1.165) is 24.5 Å². The standard InChI is InChI=1S/C38H38N2O2/c1-7-39-30-21-17-25-13-9-11-15-28(25)34(30)37(3,4)32(39)23-19-27(36(41)42)20-24-33-38(5,6)35-29-16-12-10-14-26(29)18-22-31(35)40(33)8-2/h9-24H,7-8H2,1-6H3/p+1. The molecule has 4 nitrogen and oxygen atoms in total. The van der Waals surface area contributed by atoms with Gasteiger partial charge >= 0.3 is 5.97 Å². The zero-order valence-corrected chi connectivity index (χ0v) is 25.4. The van der Waals surface area contributed by atoms with Crippen LogP contribution < -0.4 is 4.90 Å². The molecule has 0 spiro atoms. The number of fused-ring (bicyclic) bond motifs is 6. The van der Waals surface area contributed by atoms with Crippen LogP contribution in [0.25, 0.3) is 21.5 Å². The Balaban J connectivity index is 1.42. The maximum absolute atomic E-state index is 12.5. The molecule has 42 heavy (non-hydrogen) atoms. The zero-order valence-electron chi connectivity index (χ0n) is 25.4. The number of carboxylic acids is 1. The molecule has 0 unspecified atom stereocenters. The Morgan fingerprint density at radius 3 is 2.07 bits per heavy atom. The summed E-state index contributed by atoms with van der Waals surface area (Å²) in [5.74, 6) is -0.938. The number of carbonyl (C=O) groups is 1. The third-order valence-corrected chi connectivity index (χ3v) is 9.23. The van der Waals surface area contributed by atoms with Crippen molar-refractivity contribution in [2.24, 2.45) is 0 Å². The van der Waals surface area contributed by atoms with Crippen LogP contribution in [0.1, 0.15) is 52.7 Å². The van der Waals surface area contributed by atoms with Crippen LogP contribution in [0.3, 0.4) is 0 Å². The summed E-state index contributed by atoms with van der Waals surface area (Å²) in [6.45, 7) is 14.9. The Morgan fingerprint density at radius 1 is 0.833 bits per heavy atom. The van der Waals surface area contributed by atoms with E-state index < -0.39 is 5.97 Å². The van der Waals surface area contributed by atoms with Crippen molar-refractivity contribution in [2.45, 2.75) is 52.4 Å². The molecule has 0 saturated heterocycles. The highest BCUT2D eigenvalue weighted by molar-refractivity contribution is 6.08. The molecule has 0 fully saturated rings. The number of aliphatic carboxylic acids is 1. The molecule has 0 amide bonds. The second-order valence-electron chi connectivity index (χ2n) is 12.3. The van der Waals surface area contributed by atoms with Crippen molar-refractivity contribution in [1.82, 2.24) is 0 Å². The smallest absolute Gasteiger partial charge is 0.335 e. The molecule has 0 aromatic heterocycles. The van der Waals surface area contributed by atoms with Gasteiger partial charge in [0, 0.05) is 41.1 Å². The molecule has 6 rings (SSSR count). The highest BCUT2D eigenvalue weighted by atomic mass is 16.4. The van der Waals surface area contributed by atoms with Crippen LogP contribution in [0.4, 0.5) is 11.4 Å². The fourth-order valence-corrected chi connectivity index (χ4v) is 7.29. The third kappa shape index (κ3) is 4.12. The molecular weight excluding hydrogens is 516 g/mol. The number of nitrogens with zero attached hydrogens (tertiary/aromatic N) is 2. The van der Waals surface area contributed by atoms with Gasteiger partial charge in [0.15, 0.2) is 5.71 Å². The van der Waals surface area contributed by atoms with Gasteiger partial charge in [-0.3, -0.25) is 0 Å². The Kier molecular flexibility index (Phi) is 6.68. The summed E-state index contributed by atoms with van der Waals surface area (Å²) in [5.41, 5.74) is 6.89. The topological polar surface area (TPSA) is 43.5 Å². The first-order chi connectivity index (χ1) is 20.1. The average Bonchev–Trinajstić information content (AvgIpc) is 3.34. The van der Waals surface area contributed by atoms with Crippen LogP contribution in [-0.2, 0) is 15.6 Å². The molecule has 4 aromatic rings. The van der Waals surface area contributed by atoms with Crippen molar-refractivity contribution in [1.29, 1.82) is 0 Å². The van der Waals surface area contributed by atoms with Crippen LogP contribution in [-0.4, -0.2) is 34.5 Å². The molecule has 4 heteroatoms. The maximum Gasteiger partial charge on any atom is 0.335 e. The van der Waals surface area contributed by atoms with Crippen LogP contribution >= 0.6 is 0 Å². The molecule has 212 valence electrons. The Morgan fingerprint density at radius 2 is 1.45 bits per heavy atom. The van der Waals surface area contributed by atoms with Crippen molar-refractivity contribution >= 4 is 44.6 Å². The highest BCUT2D eigenvalue weighted by Crippen LogP contribution is 2.50. The van der Waals surface area contributed by atoms with Gasteiger partial charge in [-0.05, 0) is 85.2 Å². The number of rotatable bonds is 6. The molecule has 2 aliphatic heterocycles. The van der Waals surface area contributed by atoms with E-state index in [1.807, 2.05) is 12.2 Å². The van der Waals surface area contributed by atoms with Gasteiger partial charge in [0.05, 0.1) is 11.0 Å². The van der Waals surface area contributed by atoms with E-state index in [1.165, 1.54) is 44.0 Å². The Labute approximate surface area is 248 Å². The van der Waals surface area contributed by atoms with E-state index in [0.29, 0.717) is 0 Å². The highest BCUT2D eigenvalue weighted by Gasteiger charge is 2.45. The Bertz CT molecular complexity index is 1880. The predicted molar refractivity (Wildman–Crippen MR) is 175 cm³/mol. The molecule has 1 N–H and O–H groups in total. The van der Waals surface area contributed by atoms with Crippen LogP contribution in [0.2, 0.25) is 0 Å². The molecule has 2 aliphatic rings. The van der Waals surface area contributed by atoms with Gasteiger partial charge < -0.3 is 10.0 Å². The lowest BCUT2D eigenvalue weighted by molar-refractivity contribution is -0.433. The van der Waals surface area contributed by atoms with Gasteiger partial charge in [-0.1, -0.05) is 68.4 Å². The van der Waals surface area contributed by atoms with Crippen molar-refractivity contribution in [2.75, 3.05) is 18.0 Å². The average molecular weight is 556 g/mol. The first-order valence-corrected chi connectivity index (χ1v) is 14.9. The number of allylic oxidation sites excluding steroid dienone is 4. The number of anilines is 1. The quantitative estimate of drug-likeness (QED) is 0.147. The van der Waals surface area contributed by atoms with E-state index in [-0.39, 0.29) is 16.4 Å². The molecule has 4 aromatic carbocycles. The Hall–Kier alpha value is -4.44. The fourth-order valence-electron chi connectivity index (χ4n) is 7.29. The van der Waals surface area contributed by atoms with Gasteiger partial charge in [0.25, 0.3) is 0 Å². The van der Waals surface area contributed by atoms with E-state index in [2.05, 4.69) is 124 Å². The third-order valence-electron chi connectivity index (χ3n) is 9.23. The molecule has 0 aliphatic carbocycles. The van der Waals surface area contributed by atoms with Crippen LogP contribution in [0, 0.1) is 0 Å². The second kappa shape index (κ2) is 10.1. The first-order valence-electron chi connectivity index (χ1n) is 14.9. The molecular formula is C38H39N2O2+. The van der Waals surface area contributed by atoms with Crippen molar-refractivity contribution < 1.29 is 14.5 Å². The number of hydrogen-bond acceptors (Lipinski definition) is 2. The maximum atomic E-state index is 12.5. The lowest BCUT2D eigenvalue weighted by atomic mass is 9.79. The molecule has 0 saturated carbocycles. The molecule has 0 atom stereocenters. The van der Waals surface area contributed by atoms with Gasteiger partial charge in [-0.25, -0.2) is 4.79 Å². The van der Waals surface area contributed by atoms with Crippen LogP contribution in [0.15, 0.2) is 108 Å². The summed E-state index contributed by atoms with van der Waals surface area (Å²) in [6, 6.07) is 25.8. The summed E-state index contributed by atoms with van der Waals surface area (Å²) < 4.78 is 2.32. The van der Waals surface area contributed by atoms with E-state index in [9.17, 15) is 9.90 Å². The summed E-state index contributed by atoms with van der Waals surface area (Å²) in [4.78, 5) is 14.9. The SMILES string of the molecule is CCN1C(=CC=C(C=CC2=[N+](CC)c3ccc4ccccc4c3C2(C)C)C(=O)O)C(C)(C)c2c1ccc1ccccc21. The van der Waals surface area contributed by atoms with Gasteiger partial charge in [-0.15, -0.1) is 0 Å². The lowest BCUT2D eigenvalue weighted by Crippen LogP contribution is -2.28. The number of carboxylic acid groups (broad SMARTS) is 1. The predicted octanol–water partition coefficient (Wildman–Crippen LogP) is 8.66. The largest absolute Gasteiger partial charge is 0.478 e. The molecule has 0 bridgehead atoms. The van der Waals surface area contributed by atoms with Crippen LogP contribution in [0.5, 0.6) is 0 Å². The lowest BCUT2D eigenvalue weighted by Gasteiger charge is -2.26. The van der Waals surface area contributed by atoms with Crippen molar-refractivity contribution in [3.63, 3.8) is 0 Å². The monoisotopic (exact) mass is 555 g/mol.